The van der Waals surface area contributed by atoms with Gasteiger partial charge in [-0.15, -0.1) is 0 Å². The molecular weight excluding hydrogens is 328 g/mol. The van der Waals surface area contributed by atoms with Gasteiger partial charge < -0.3 is 16.4 Å². The van der Waals surface area contributed by atoms with Gasteiger partial charge in [-0.25, -0.2) is 0 Å². The molecule has 0 amide bonds. The Morgan fingerprint density at radius 3 is 1.69 bits per heavy atom. The summed E-state index contributed by atoms with van der Waals surface area (Å²) in [6.07, 6.45) is 2.65. The van der Waals surface area contributed by atoms with Crippen molar-refractivity contribution in [1.29, 1.82) is 21.0 Å². The normalized spacial score (nSPS) is 10.7. The van der Waals surface area contributed by atoms with Gasteiger partial charge >= 0.3 is 0 Å². The first-order valence-electron chi connectivity index (χ1n) is 9.05. The second-order valence-electron chi connectivity index (χ2n) is 6.06. The van der Waals surface area contributed by atoms with Crippen LogP contribution >= 0.6 is 0 Å². The minimum atomic E-state index is -0.410. The number of nitrogens with zero attached hydrogens (tertiary/aromatic N) is 5. The van der Waals surface area contributed by atoms with Gasteiger partial charge in [-0.2, -0.15) is 21.0 Å². The Morgan fingerprint density at radius 1 is 0.731 bits per heavy atom. The third-order valence-corrected chi connectivity index (χ3v) is 4.32. The molecule has 8 heteroatoms. The summed E-state index contributed by atoms with van der Waals surface area (Å²) in [6.45, 7) is 4.53. The minimum Gasteiger partial charge on any atom is -0.329 e. The van der Waals surface area contributed by atoms with Crippen molar-refractivity contribution in [3.63, 3.8) is 0 Å². The molecule has 142 valence electrons. The van der Waals surface area contributed by atoms with Gasteiger partial charge in [0.1, 0.15) is 0 Å². The van der Waals surface area contributed by atoms with Gasteiger partial charge in [-0.3, -0.25) is 4.90 Å². The SMILES string of the molecule is N#CCCN(CCC#N)C(CCC#N)(CCC#N)CNCCNCCN. The van der Waals surface area contributed by atoms with E-state index in [9.17, 15) is 0 Å². The lowest BCUT2D eigenvalue weighted by Gasteiger charge is -2.44. The maximum absolute atomic E-state index is 9.08. The largest absolute Gasteiger partial charge is 0.329 e. The standard InChI is InChI=1S/C18H30N8/c19-7-1-5-18(6-2-8-20,17-25-14-13-24-12-11-23)26(15-3-9-21)16-4-10-22/h24-25H,1-6,11-17,23H2. The van der Waals surface area contributed by atoms with Crippen LogP contribution in [0.1, 0.15) is 38.5 Å². The Morgan fingerprint density at radius 2 is 1.23 bits per heavy atom. The molecule has 8 nitrogen and oxygen atoms in total. The number of hydrogen-bond acceptors (Lipinski definition) is 8. The third kappa shape index (κ3) is 9.94. The van der Waals surface area contributed by atoms with Crippen LogP contribution in [0.2, 0.25) is 0 Å². The molecule has 0 bridgehead atoms. The molecule has 0 atom stereocenters. The fraction of sp³-hybridized carbons (Fsp3) is 0.778. The summed E-state index contributed by atoms with van der Waals surface area (Å²) in [6, 6.07) is 8.69. The van der Waals surface area contributed by atoms with Gasteiger partial charge in [-0.1, -0.05) is 0 Å². The highest BCUT2D eigenvalue weighted by Gasteiger charge is 2.35. The van der Waals surface area contributed by atoms with Crippen molar-refractivity contribution in [2.75, 3.05) is 45.8 Å². The molecule has 0 aliphatic heterocycles. The Kier molecular flexibility index (Phi) is 14.9. The molecule has 0 unspecified atom stereocenters. The highest BCUT2D eigenvalue weighted by Crippen LogP contribution is 2.27. The van der Waals surface area contributed by atoms with Crippen LogP contribution < -0.4 is 16.4 Å². The molecule has 0 heterocycles. The van der Waals surface area contributed by atoms with Crippen LogP contribution in [-0.2, 0) is 0 Å². The van der Waals surface area contributed by atoms with Gasteiger partial charge in [0.15, 0.2) is 0 Å². The molecule has 0 rings (SSSR count). The first-order valence-corrected chi connectivity index (χ1v) is 9.05. The number of rotatable bonds is 16. The summed E-state index contributed by atoms with van der Waals surface area (Å²) in [4.78, 5) is 2.12. The second kappa shape index (κ2) is 16.3. The molecule has 26 heavy (non-hydrogen) atoms. The highest BCUT2D eigenvalue weighted by molar-refractivity contribution is 4.98. The van der Waals surface area contributed by atoms with E-state index in [2.05, 4.69) is 39.8 Å². The van der Waals surface area contributed by atoms with E-state index in [1.54, 1.807) is 0 Å². The molecule has 0 spiro atoms. The van der Waals surface area contributed by atoms with Crippen LogP contribution in [0.25, 0.3) is 0 Å². The van der Waals surface area contributed by atoms with Crippen molar-refractivity contribution in [2.24, 2.45) is 5.73 Å². The smallest absolute Gasteiger partial charge is 0.0635 e. The van der Waals surface area contributed by atoms with Crippen molar-refractivity contribution in [3.05, 3.63) is 0 Å². The summed E-state index contributed by atoms with van der Waals surface area (Å²) in [5, 5.41) is 42.7. The molecule has 0 saturated carbocycles. The number of nitriles is 4. The van der Waals surface area contributed by atoms with Crippen molar-refractivity contribution in [1.82, 2.24) is 15.5 Å². The van der Waals surface area contributed by atoms with Crippen LogP contribution in [0, 0.1) is 45.3 Å². The summed E-state index contributed by atoms with van der Waals surface area (Å²) in [5.41, 5.74) is 5.04. The Labute approximate surface area is 157 Å². The molecule has 0 aromatic heterocycles. The predicted octanol–water partition coefficient (Wildman–Crippen LogP) is 0.600. The summed E-state index contributed by atoms with van der Waals surface area (Å²) >= 11 is 0. The lowest BCUT2D eigenvalue weighted by atomic mass is 9.85. The average molecular weight is 358 g/mol. The Hall–Kier alpha value is -2.20. The van der Waals surface area contributed by atoms with Crippen molar-refractivity contribution >= 4 is 0 Å². The van der Waals surface area contributed by atoms with Gasteiger partial charge in [-0.05, 0) is 12.8 Å². The third-order valence-electron chi connectivity index (χ3n) is 4.32. The fourth-order valence-electron chi connectivity index (χ4n) is 2.99. The summed E-state index contributed by atoms with van der Waals surface area (Å²) in [5.74, 6) is 0. The van der Waals surface area contributed by atoms with E-state index in [0.29, 0.717) is 64.7 Å². The van der Waals surface area contributed by atoms with Gasteiger partial charge in [0.25, 0.3) is 0 Å². The number of nitrogens with one attached hydrogen (secondary N) is 2. The zero-order chi connectivity index (χ0) is 19.5. The van der Waals surface area contributed by atoms with E-state index in [1.807, 2.05) is 0 Å². The minimum absolute atomic E-state index is 0.352. The van der Waals surface area contributed by atoms with Crippen molar-refractivity contribution < 1.29 is 0 Å². The van der Waals surface area contributed by atoms with E-state index >= 15 is 0 Å². The van der Waals surface area contributed by atoms with Crippen LogP contribution in [0.5, 0.6) is 0 Å². The molecule has 0 saturated heterocycles. The van der Waals surface area contributed by atoms with Gasteiger partial charge in [0, 0.05) is 77.0 Å². The fourth-order valence-corrected chi connectivity index (χ4v) is 2.99. The predicted molar refractivity (Wildman–Crippen MR) is 99.3 cm³/mol. The molecule has 0 aromatic carbocycles. The molecular formula is C18H30N8. The van der Waals surface area contributed by atoms with Crippen LogP contribution in [-0.4, -0.2) is 56.3 Å². The molecule has 0 aromatic rings. The molecule has 0 aliphatic carbocycles. The molecule has 4 N–H and O–H groups in total. The lowest BCUT2D eigenvalue weighted by molar-refractivity contribution is 0.0742. The van der Waals surface area contributed by atoms with Crippen molar-refractivity contribution in [2.45, 2.75) is 44.1 Å². The highest BCUT2D eigenvalue weighted by atomic mass is 15.2. The average Bonchev–Trinajstić information content (AvgIpc) is 2.66. The molecule has 0 radical (unpaired) electrons. The van der Waals surface area contributed by atoms with Gasteiger partial charge in [0.2, 0.25) is 0 Å². The summed E-state index contributed by atoms with van der Waals surface area (Å²) < 4.78 is 0. The molecule has 0 fully saturated rings. The maximum atomic E-state index is 9.08. The number of nitrogens with two attached hydrogens (primary N) is 1. The van der Waals surface area contributed by atoms with E-state index < -0.39 is 5.54 Å². The Bertz CT molecular complexity index is 483. The zero-order valence-electron chi connectivity index (χ0n) is 15.5. The maximum Gasteiger partial charge on any atom is 0.0635 e. The monoisotopic (exact) mass is 358 g/mol. The van der Waals surface area contributed by atoms with Crippen LogP contribution in [0.4, 0.5) is 0 Å². The number of hydrogen-bond donors (Lipinski definition) is 3. The molecule has 0 aliphatic rings. The topological polar surface area (TPSA) is 148 Å². The van der Waals surface area contributed by atoms with E-state index in [4.69, 9.17) is 26.8 Å². The quantitative estimate of drug-likeness (QED) is 0.340. The van der Waals surface area contributed by atoms with Gasteiger partial charge in [0.05, 0.1) is 24.3 Å². The second-order valence-corrected chi connectivity index (χ2v) is 6.06. The van der Waals surface area contributed by atoms with E-state index in [1.165, 1.54) is 0 Å². The summed E-state index contributed by atoms with van der Waals surface area (Å²) in [7, 11) is 0. The van der Waals surface area contributed by atoms with E-state index in [0.717, 1.165) is 19.6 Å². The zero-order valence-corrected chi connectivity index (χ0v) is 15.5. The first-order chi connectivity index (χ1) is 12.7. The Balaban J connectivity index is 5.18. The van der Waals surface area contributed by atoms with E-state index in [-0.39, 0.29) is 0 Å². The lowest BCUT2D eigenvalue weighted by Crippen LogP contribution is -2.56. The van der Waals surface area contributed by atoms with Crippen LogP contribution in [0.15, 0.2) is 0 Å². The van der Waals surface area contributed by atoms with Crippen LogP contribution in [0.3, 0.4) is 0 Å². The first kappa shape index (κ1) is 23.8. The van der Waals surface area contributed by atoms with Crippen molar-refractivity contribution in [3.8, 4) is 24.3 Å².